The van der Waals surface area contributed by atoms with Crippen LogP contribution in [0.2, 0.25) is 5.02 Å². The number of nitrogens with zero attached hydrogens (tertiary/aromatic N) is 3. The Morgan fingerprint density at radius 1 is 1.12 bits per heavy atom. The summed E-state index contributed by atoms with van der Waals surface area (Å²) in [5.41, 5.74) is 2.29. The lowest BCUT2D eigenvalue weighted by Gasteiger charge is -2.12. The van der Waals surface area contributed by atoms with E-state index in [1.54, 1.807) is 30.5 Å². The van der Waals surface area contributed by atoms with E-state index in [0.29, 0.717) is 27.1 Å². The molecule has 0 aliphatic heterocycles. The van der Waals surface area contributed by atoms with E-state index in [4.69, 9.17) is 21.1 Å². The predicted molar refractivity (Wildman–Crippen MR) is 120 cm³/mol. The Kier molecular flexibility index (Phi) is 6.58. The Morgan fingerprint density at radius 3 is 2.72 bits per heavy atom. The maximum absolute atomic E-state index is 13.6. The highest BCUT2D eigenvalue weighted by atomic mass is 35.5. The minimum absolute atomic E-state index is 0.266. The number of pyridine rings is 1. The summed E-state index contributed by atoms with van der Waals surface area (Å²) in [7, 11) is 1.44. The average Bonchev–Trinajstić information content (AvgIpc) is 3.25. The number of halogens is 2. The number of nitrogens with one attached hydrogen (secondary N) is 1. The molecule has 0 atom stereocenters. The highest BCUT2D eigenvalue weighted by Gasteiger charge is 2.18. The number of benzene rings is 2. The van der Waals surface area contributed by atoms with Crippen molar-refractivity contribution in [2.75, 3.05) is 12.4 Å². The van der Waals surface area contributed by atoms with Gasteiger partial charge in [-0.1, -0.05) is 28.8 Å². The minimum Gasteiger partial charge on any atom is -0.496 e. The number of amides is 1. The third kappa shape index (κ3) is 5.01. The van der Waals surface area contributed by atoms with Crippen molar-refractivity contribution >= 4 is 34.0 Å². The summed E-state index contributed by atoms with van der Waals surface area (Å²) in [5.74, 6) is -0.579. The first-order valence-corrected chi connectivity index (χ1v) is 10.5. The van der Waals surface area contributed by atoms with Gasteiger partial charge in [0.25, 0.3) is 11.1 Å². The Bertz CT molecular complexity index is 1250. The molecule has 7 nitrogen and oxygen atoms in total. The van der Waals surface area contributed by atoms with Crippen molar-refractivity contribution < 1.29 is 18.7 Å². The number of rotatable bonds is 7. The van der Waals surface area contributed by atoms with Gasteiger partial charge in [0.2, 0.25) is 5.13 Å². The van der Waals surface area contributed by atoms with E-state index in [1.165, 1.54) is 25.4 Å². The lowest BCUT2D eigenvalue weighted by Crippen LogP contribution is -2.13. The van der Waals surface area contributed by atoms with E-state index in [1.807, 2.05) is 12.1 Å². The number of methoxy groups -OCH3 is 1. The number of carbonyl (C=O) groups excluding carboxylic acids is 1. The molecule has 2 heterocycles. The Hall–Kier alpha value is -3.56. The van der Waals surface area contributed by atoms with Crippen molar-refractivity contribution in [2.45, 2.75) is 6.61 Å². The molecule has 0 saturated carbocycles. The average molecular weight is 471 g/mol. The van der Waals surface area contributed by atoms with Crippen molar-refractivity contribution in [3.8, 4) is 22.1 Å². The monoisotopic (exact) mass is 470 g/mol. The number of carbonyl (C=O) groups is 1. The standard InChI is InChI=1S/C22H16ClFN4O3S/c1-30-19-10-15(24)6-7-17(19)16-8-9-25-11-18(16)20(29)26-21-27-28-22(32-21)31-12-13-2-4-14(23)5-3-13/h2-11H,12H2,1H3,(H,26,27,29). The zero-order chi connectivity index (χ0) is 22.5. The van der Waals surface area contributed by atoms with Crippen LogP contribution in [0.5, 0.6) is 10.9 Å². The molecule has 0 aliphatic carbocycles. The van der Waals surface area contributed by atoms with Gasteiger partial charge in [0.15, 0.2) is 0 Å². The summed E-state index contributed by atoms with van der Waals surface area (Å²) in [6.45, 7) is 0.289. The van der Waals surface area contributed by atoms with Crippen LogP contribution in [0.1, 0.15) is 15.9 Å². The number of aromatic nitrogens is 3. The van der Waals surface area contributed by atoms with Gasteiger partial charge in [-0.3, -0.25) is 15.1 Å². The van der Waals surface area contributed by atoms with Crippen molar-refractivity contribution in [3.63, 3.8) is 0 Å². The molecule has 2 aromatic carbocycles. The molecule has 1 N–H and O–H groups in total. The van der Waals surface area contributed by atoms with Crippen molar-refractivity contribution in [1.29, 1.82) is 0 Å². The fourth-order valence-corrected chi connectivity index (χ4v) is 3.62. The number of hydrogen-bond acceptors (Lipinski definition) is 7. The predicted octanol–water partition coefficient (Wildman–Crippen LogP) is 5.23. The molecule has 0 radical (unpaired) electrons. The van der Waals surface area contributed by atoms with E-state index in [2.05, 4.69) is 20.5 Å². The molecule has 0 saturated heterocycles. The third-order valence-corrected chi connectivity index (χ3v) is 5.43. The first-order chi connectivity index (χ1) is 15.5. The molecule has 0 unspecified atom stereocenters. The second-order valence-electron chi connectivity index (χ2n) is 6.51. The minimum atomic E-state index is -0.445. The highest BCUT2D eigenvalue weighted by Crippen LogP contribution is 2.33. The van der Waals surface area contributed by atoms with Gasteiger partial charge in [-0.2, -0.15) is 0 Å². The summed E-state index contributed by atoms with van der Waals surface area (Å²) in [6.07, 6.45) is 2.97. The van der Waals surface area contributed by atoms with Crippen LogP contribution in [0.4, 0.5) is 9.52 Å². The zero-order valence-electron chi connectivity index (χ0n) is 16.7. The number of ether oxygens (including phenoxy) is 2. The molecule has 0 bridgehead atoms. The van der Waals surface area contributed by atoms with Crippen LogP contribution >= 0.6 is 22.9 Å². The van der Waals surface area contributed by atoms with E-state index in [-0.39, 0.29) is 17.3 Å². The van der Waals surface area contributed by atoms with Gasteiger partial charge in [0, 0.05) is 34.6 Å². The normalized spacial score (nSPS) is 10.6. The number of hydrogen-bond donors (Lipinski definition) is 1. The first-order valence-electron chi connectivity index (χ1n) is 9.33. The molecular weight excluding hydrogens is 455 g/mol. The van der Waals surface area contributed by atoms with Crippen LogP contribution in [-0.2, 0) is 6.61 Å². The van der Waals surface area contributed by atoms with Crippen LogP contribution in [0.15, 0.2) is 60.9 Å². The van der Waals surface area contributed by atoms with Crippen molar-refractivity contribution in [1.82, 2.24) is 15.2 Å². The summed E-state index contributed by atoms with van der Waals surface area (Å²) < 4.78 is 24.5. The largest absolute Gasteiger partial charge is 0.496 e. The van der Waals surface area contributed by atoms with Gasteiger partial charge in [0.05, 0.1) is 12.7 Å². The van der Waals surface area contributed by atoms with E-state index in [0.717, 1.165) is 16.9 Å². The van der Waals surface area contributed by atoms with Gasteiger partial charge in [0.1, 0.15) is 18.2 Å². The molecule has 0 spiro atoms. The maximum atomic E-state index is 13.6. The summed E-state index contributed by atoms with van der Waals surface area (Å²) in [5, 5.41) is 11.8. The smallest absolute Gasteiger partial charge is 0.296 e. The molecule has 1 amide bonds. The summed E-state index contributed by atoms with van der Waals surface area (Å²) in [4.78, 5) is 17.0. The van der Waals surface area contributed by atoms with Gasteiger partial charge in [-0.15, -0.1) is 5.10 Å². The van der Waals surface area contributed by atoms with E-state index in [9.17, 15) is 9.18 Å². The molecule has 162 valence electrons. The SMILES string of the molecule is COc1cc(F)ccc1-c1ccncc1C(=O)Nc1nnc(OCc2ccc(Cl)cc2)s1. The third-order valence-electron chi connectivity index (χ3n) is 4.42. The lowest BCUT2D eigenvalue weighted by atomic mass is 10.0. The number of anilines is 1. The molecule has 4 rings (SSSR count). The van der Waals surface area contributed by atoms with Crippen LogP contribution in [-0.4, -0.2) is 28.2 Å². The Morgan fingerprint density at radius 2 is 1.94 bits per heavy atom. The van der Waals surface area contributed by atoms with E-state index < -0.39 is 11.7 Å². The fourth-order valence-electron chi connectivity index (χ4n) is 2.91. The van der Waals surface area contributed by atoms with Crippen LogP contribution in [0.3, 0.4) is 0 Å². The molecule has 10 heteroatoms. The van der Waals surface area contributed by atoms with Gasteiger partial charge in [-0.25, -0.2) is 4.39 Å². The first kappa shape index (κ1) is 21.7. The topological polar surface area (TPSA) is 86.2 Å². The van der Waals surface area contributed by atoms with Gasteiger partial charge >= 0.3 is 0 Å². The molecular formula is C22H16ClFN4O3S. The molecule has 4 aromatic rings. The van der Waals surface area contributed by atoms with Gasteiger partial charge < -0.3 is 9.47 Å². The van der Waals surface area contributed by atoms with Crippen molar-refractivity contribution in [2.24, 2.45) is 0 Å². The summed E-state index contributed by atoms with van der Waals surface area (Å²) >= 11 is 6.97. The van der Waals surface area contributed by atoms with E-state index >= 15 is 0 Å². The highest BCUT2D eigenvalue weighted by molar-refractivity contribution is 7.17. The second-order valence-corrected chi connectivity index (χ2v) is 7.88. The Labute approximate surface area is 191 Å². The zero-order valence-corrected chi connectivity index (χ0v) is 18.3. The van der Waals surface area contributed by atoms with Crippen LogP contribution in [0.25, 0.3) is 11.1 Å². The lowest BCUT2D eigenvalue weighted by molar-refractivity contribution is 0.102. The van der Waals surface area contributed by atoms with Crippen LogP contribution in [0, 0.1) is 5.82 Å². The fraction of sp³-hybridized carbons (Fsp3) is 0.0909. The van der Waals surface area contributed by atoms with Gasteiger partial charge in [-0.05, 0) is 47.2 Å². The second kappa shape index (κ2) is 9.71. The molecule has 0 aliphatic rings. The molecule has 2 aromatic heterocycles. The quantitative estimate of drug-likeness (QED) is 0.398. The van der Waals surface area contributed by atoms with Crippen molar-refractivity contribution in [3.05, 3.63) is 82.9 Å². The maximum Gasteiger partial charge on any atom is 0.296 e. The Balaban J connectivity index is 1.49. The summed E-state index contributed by atoms with van der Waals surface area (Å²) in [6, 6.07) is 13.0. The molecule has 32 heavy (non-hydrogen) atoms. The molecule has 0 fully saturated rings. The van der Waals surface area contributed by atoms with Crippen LogP contribution < -0.4 is 14.8 Å².